The second-order valence-corrected chi connectivity index (χ2v) is 7.93. The van der Waals surface area contributed by atoms with Crippen molar-refractivity contribution in [2.24, 2.45) is 0 Å². The highest BCUT2D eigenvalue weighted by Gasteiger charge is 2.32. The second-order valence-electron chi connectivity index (χ2n) is 5.19. The van der Waals surface area contributed by atoms with Crippen LogP contribution in [0.25, 0.3) is 0 Å². The average Bonchev–Trinajstić information content (AvgIpc) is 2.92. The molecule has 0 unspecified atom stereocenters. The molecule has 0 amide bonds. The molecule has 0 radical (unpaired) electrons. The van der Waals surface area contributed by atoms with Crippen LogP contribution in [0.2, 0.25) is 0 Å². The van der Waals surface area contributed by atoms with Crippen LogP contribution in [-0.4, -0.2) is 37.0 Å². The van der Waals surface area contributed by atoms with E-state index in [1.807, 2.05) is 6.92 Å². The number of hydrogen-bond donors (Lipinski definition) is 1. The molecule has 1 aliphatic rings. The summed E-state index contributed by atoms with van der Waals surface area (Å²) in [6, 6.07) is 5.08. The van der Waals surface area contributed by atoms with E-state index >= 15 is 0 Å². The number of benzene rings is 1. The third kappa shape index (κ3) is 3.24. The highest BCUT2D eigenvalue weighted by Crippen LogP contribution is 2.29. The van der Waals surface area contributed by atoms with Crippen molar-refractivity contribution in [3.8, 4) is 0 Å². The van der Waals surface area contributed by atoms with Gasteiger partial charge in [-0.25, -0.2) is 8.42 Å². The van der Waals surface area contributed by atoms with Gasteiger partial charge in [-0.15, -0.1) is 0 Å². The number of halogens is 1. The topological polar surface area (TPSA) is 57.6 Å². The maximum Gasteiger partial charge on any atom is 0.243 e. The molecular formula is C14H20BrNO3S. The summed E-state index contributed by atoms with van der Waals surface area (Å²) < 4.78 is 27.9. The van der Waals surface area contributed by atoms with Gasteiger partial charge >= 0.3 is 0 Å². The summed E-state index contributed by atoms with van der Waals surface area (Å²) in [5, 5.41) is 9.19. The van der Waals surface area contributed by atoms with Crippen molar-refractivity contribution in [2.45, 2.75) is 43.5 Å². The van der Waals surface area contributed by atoms with E-state index < -0.39 is 10.0 Å². The Bertz CT molecular complexity index is 568. The molecule has 1 aromatic carbocycles. The van der Waals surface area contributed by atoms with E-state index in [0.29, 0.717) is 4.90 Å². The average molecular weight is 362 g/mol. The summed E-state index contributed by atoms with van der Waals surface area (Å²) in [6.07, 6.45) is 3.88. The molecule has 1 aliphatic carbocycles. The predicted molar refractivity (Wildman–Crippen MR) is 82.1 cm³/mol. The van der Waals surface area contributed by atoms with E-state index in [1.54, 1.807) is 18.2 Å². The van der Waals surface area contributed by atoms with Crippen molar-refractivity contribution >= 4 is 26.0 Å². The highest BCUT2D eigenvalue weighted by molar-refractivity contribution is 9.10. The van der Waals surface area contributed by atoms with Crippen LogP contribution in [0.15, 0.2) is 27.6 Å². The van der Waals surface area contributed by atoms with Gasteiger partial charge < -0.3 is 5.11 Å². The number of rotatable bonds is 5. The maximum absolute atomic E-state index is 12.8. The number of sulfonamides is 1. The molecule has 4 nitrogen and oxygen atoms in total. The van der Waals surface area contributed by atoms with E-state index in [0.717, 1.165) is 35.7 Å². The lowest BCUT2D eigenvalue weighted by atomic mass is 10.2. The first-order chi connectivity index (χ1) is 9.46. The monoisotopic (exact) mass is 361 g/mol. The largest absolute Gasteiger partial charge is 0.395 e. The summed E-state index contributed by atoms with van der Waals surface area (Å²) in [4.78, 5) is 0.304. The van der Waals surface area contributed by atoms with Crippen LogP contribution < -0.4 is 0 Å². The van der Waals surface area contributed by atoms with Crippen molar-refractivity contribution in [3.05, 3.63) is 28.2 Å². The van der Waals surface area contributed by atoms with Crippen molar-refractivity contribution in [3.63, 3.8) is 0 Å². The molecule has 112 valence electrons. The van der Waals surface area contributed by atoms with Gasteiger partial charge in [0.2, 0.25) is 10.0 Å². The highest BCUT2D eigenvalue weighted by atomic mass is 79.9. The zero-order valence-electron chi connectivity index (χ0n) is 11.5. The normalized spacial score (nSPS) is 17.0. The van der Waals surface area contributed by atoms with Crippen LogP contribution >= 0.6 is 15.9 Å². The van der Waals surface area contributed by atoms with Gasteiger partial charge in [-0.05, 0) is 43.5 Å². The first-order valence-corrected chi connectivity index (χ1v) is 9.09. The molecule has 0 atom stereocenters. The van der Waals surface area contributed by atoms with Gasteiger partial charge in [-0.2, -0.15) is 4.31 Å². The van der Waals surface area contributed by atoms with Gasteiger partial charge in [-0.3, -0.25) is 0 Å². The molecule has 0 heterocycles. The summed E-state index contributed by atoms with van der Waals surface area (Å²) in [6.45, 7) is 1.89. The second kappa shape index (κ2) is 6.56. The number of aliphatic hydroxyl groups excluding tert-OH is 1. The first kappa shape index (κ1) is 15.9. The van der Waals surface area contributed by atoms with Crippen LogP contribution in [0.4, 0.5) is 0 Å². The van der Waals surface area contributed by atoms with E-state index in [9.17, 15) is 13.5 Å². The van der Waals surface area contributed by atoms with Gasteiger partial charge in [0, 0.05) is 17.1 Å². The fraction of sp³-hybridized carbons (Fsp3) is 0.571. The molecule has 0 aromatic heterocycles. The SMILES string of the molecule is Cc1cc(S(=O)(=O)N(CCO)C2CCCC2)ccc1Br. The molecule has 1 saturated carbocycles. The molecule has 6 heteroatoms. The lowest BCUT2D eigenvalue weighted by molar-refractivity contribution is 0.226. The van der Waals surface area contributed by atoms with Gasteiger partial charge in [0.05, 0.1) is 11.5 Å². The molecule has 0 aliphatic heterocycles. The van der Waals surface area contributed by atoms with E-state index in [1.165, 1.54) is 4.31 Å². The Kier molecular flexibility index (Phi) is 5.23. The molecule has 0 saturated heterocycles. The number of aryl methyl sites for hydroxylation is 1. The Morgan fingerprint density at radius 3 is 2.55 bits per heavy atom. The first-order valence-electron chi connectivity index (χ1n) is 6.85. The summed E-state index contributed by atoms with van der Waals surface area (Å²) in [7, 11) is -3.53. The van der Waals surface area contributed by atoms with Crippen molar-refractivity contribution in [1.29, 1.82) is 0 Å². The van der Waals surface area contributed by atoms with Crippen LogP contribution in [0, 0.1) is 6.92 Å². The number of hydrogen-bond acceptors (Lipinski definition) is 3. The zero-order valence-corrected chi connectivity index (χ0v) is 14.0. The Labute approximate surface area is 129 Å². The zero-order chi connectivity index (χ0) is 14.8. The summed E-state index contributed by atoms with van der Waals surface area (Å²) >= 11 is 3.38. The Balaban J connectivity index is 2.36. The fourth-order valence-electron chi connectivity index (χ4n) is 2.70. The Hall–Kier alpha value is -0.430. The van der Waals surface area contributed by atoms with Crippen molar-refractivity contribution in [1.82, 2.24) is 4.31 Å². The summed E-state index contributed by atoms with van der Waals surface area (Å²) in [5.74, 6) is 0. The quantitative estimate of drug-likeness (QED) is 0.876. The molecule has 20 heavy (non-hydrogen) atoms. The fourth-order valence-corrected chi connectivity index (χ4v) is 4.71. The van der Waals surface area contributed by atoms with Gasteiger partial charge in [-0.1, -0.05) is 28.8 Å². The van der Waals surface area contributed by atoms with Crippen LogP contribution in [-0.2, 0) is 10.0 Å². The minimum Gasteiger partial charge on any atom is -0.395 e. The third-order valence-electron chi connectivity index (χ3n) is 3.79. The number of nitrogens with zero attached hydrogens (tertiary/aromatic N) is 1. The molecule has 1 N–H and O–H groups in total. The molecular weight excluding hydrogens is 342 g/mol. The van der Waals surface area contributed by atoms with E-state index in [4.69, 9.17) is 0 Å². The van der Waals surface area contributed by atoms with Crippen molar-refractivity contribution < 1.29 is 13.5 Å². The Morgan fingerprint density at radius 1 is 1.35 bits per heavy atom. The predicted octanol–water partition coefficient (Wildman–Crippen LogP) is 2.68. The summed E-state index contributed by atoms with van der Waals surface area (Å²) in [5.41, 5.74) is 0.890. The molecule has 1 fully saturated rings. The van der Waals surface area contributed by atoms with E-state index in [-0.39, 0.29) is 19.2 Å². The van der Waals surface area contributed by atoms with Crippen LogP contribution in [0.1, 0.15) is 31.2 Å². The lowest BCUT2D eigenvalue weighted by Crippen LogP contribution is -2.40. The third-order valence-corrected chi connectivity index (χ3v) is 6.63. The van der Waals surface area contributed by atoms with Gasteiger partial charge in [0.1, 0.15) is 0 Å². The van der Waals surface area contributed by atoms with Gasteiger partial charge in [0.15, 0.2) is 0 Å². The minimum atomic E-state index is -3.53. The van der Waals surface area contributed by atoms with Crippen LogP contribution in [0.3, 0.4) is 0 Å². The van der Waals surface area contributed by atoms with E-state index in [2.05, 4.69) is 15.9 Å². The minimum absolute atomic E-state index is 0.0242. The molecule has 1 aromatic rings. The van der Waals surface area contributed by atoms with Crippen LogP contribution in [0.5, 0.6) is 0 Å². The smallest absolute Gasteiger partial charge is 0.243 e. The van der Waals surface area contributed by atoms with Gasteiger partial charge in [0.25, 0.3) is 0 Å². The lowest BCUT2D eigenvalue weighted by Gasteiger charge is -2.27. The molecule has 0 spiro atoms. The van der Waals surface area contributed by atoms with Crippen molar-refractivity contribution in [2.75, 3.05) is 13.2 Å². The standard InChI is InChI=1S/C14H20BrNO3S/c1-11-10-13(6-7-14(11)15)20(18,19)16(8-9-17)12-4-2-3-5-12/h6-7,10,12,17H,2-5,8-9H2,1H3. The molecule has 0 bridgehead atoms. The number of aliphatic hydroxyl groups is 1. The maximum atomic E-state index is 12.8. The molecule has 2 rings (SSSR count). The Morgan fingerprint density at radius 2 is 2.00 bits per heavy atom.